The molecule has 110 valence electrons. The fourth-order valence-corrected chi connectivity index (χ4v) is 1.52. The Kier molecular flexibility index (Phi) is 5.55. The quantitative estimate of drug-likeness (QED) is 0.889. The van der Waals surface area contributed by atoms with E-state index in [0.29, 0.717) is 18.7 Å². The molecule has 1 aromatic rings. The molecule has 0 saturated heterocycles. The largest absolute Gasteiger partial charge is 0.444 e. The van der Waals surface area contributed by atoms with Crippen LogP contribution in [0.15, 0.2) is 24.3 Å². The molecule has 0 aliphatic carbocycles. The Bertz CT molecular complexity index is 461. The first-order chi connectivity index (χ1) is 9.31. The highest BCUT2D eigenvalue weighted by molar-refractivity contribution is 5.94. The molecule has 0 aliphatic rings. The summed E-state index contributed by atoms with van der Waals surface area (Å²) in [6.45, 7) is 8.28. The zero-order valence-corrected chi connectivity index (χ0v) is 12.4. The second-order valence-electron chi connectivity index (χ2n) is 5.41. The minimum atomic E-state index is -0.508. The fourth-order valence-electron chi connectivity index (χ4n) is 1.52. The SMILES string of the molecule is CCNC(=O)c1ccc(CNC(=O)OC(C)(C)C)cc1. The number of hydrogen-bond donors (Lipinski definition) is 2. The second-order valence-corrected chi connectivity index (χ2v) is 5.41. The third-order valence-electron chi connectivity index (χ3n) is 2.39. The van der Waals surface area contributed by atoms with Crippen LogP contribution in [0.3, 0.4) is 0 Å². The maximum Gasteiger partial charge on any atom is 0.407 e. The average molecular weight is 278 g/mol. The van der Waals surface area contributed by atoms with Crippen LogP contribution in [-0.4, -0.2) is 24.1 Å². The number of rotatable bonds is 4. The van der Waals surface area contributed by atoms with Gasteiger partial charge >= 0.3 is 6.09 Å². The van der Waals surface area contributed by atoms with Gasteiger partial charge in [-0.05, 0) is 45.4 Å². The van der Waals surface area contributed by atoms with E-state index in [4.69, 9.17) is 4.74 Å². The lowest BCUT2D eigenvalue weighted by Gasteiger charge is -2.19. The van der Waals surface area contributed by atoms with Crippen molar-refractivity contribution >= 4 is 12.0 Å². The van der Waals surface area contributed by atoms with Crippen LogP contribution in [0.4, 0.5) is 4.79 Å². The van der Waals surface area contributed by atoms with Crippen LogP contribution in [0, 0.1) is 0 Å². The minimum Gasteiger partial charge on any atom is -0.444 e. The van der Waals surface area contributed by atoms with Crippen molar-refractivity contribution in [3.05, 3.63) is 35.4 Å². The van der Waals surface area contributed by atoms with Crippen molar-refractivity contribution in [1.29, 1.82) is 0 Å². The number of hydrogen-bond acceptors (Lipinski definition) is 3. The number of carbonyl (C=O) groups is 2. The summed E-state index contributed by atoms with van der Waals surface area (Å²) in [5, 5.41) is 5.40. The van der Waals surface area contributed by atoms with Crippen molar-refractivity contribution in [2.75, 3.05) is 6.54 Å². The zero-order valence-electron chi connectivity index (χ0n) is 12.4. The molecular weight excluding hydrogens is 256 g/mol. The summed E-state index contributed by atoms with van der Waals surface area (Å²) in [6, 6.07) is 7.08. The molecule has 0 atom stereocenters. The number of alkyl carbamates (subject to hydrolysis) is 1. The monoisotopic (exact) mass is 278 g/mol. The van der Waals surface area contributed by atoms with Crippen molar-refractivity contribution in [2.45, 2.75) is 39.8 Å². The fraction of sp³-hybridized carbons (Fsp3) is 0.467. The smallest absolute Gasteiger partial charge is 0.407 e. The highest BCUT2D eigenvalue weighted by atomic mass is 16.6. The first-order valence-electron chi connectivity index (χ1n) is 6.66. The van der Waals surface area contributed by atoms with E-state index in [1.54, 1.807) is 12.1 Å². The van der Waals surface area contributed by atoms with Gasteiger partial charge in [-0.15, -0.1) is 0 Å². The van der Waals surface area contributed by atoms with Crippen LogP contribution >= 0.6 is 0 Å². The van der Waals surface area contributed by atoms with Gasteiger partial charge in [0.25, 0.3) is 5.91 Å². The summed E-state index contributed by atoms with van der Waals surface area (Å²) in [4.78, 5) is 23.1. The molecule has 5 heteroatoms. The van der Waals surface area contributed by atoms with Gasteiger partial charge in [0.1, 0.15) is 5.60 Å². The summed E-state index contributed by atoms with van der Waals surface area (Å²) in [7, 11) is 0. The van der Waals surface area contributed by atoms with Crippen molar-refractivity contribution in [3.63, 3.8) is 0 Å². The van der Waals surface area contributed by atoms with Gasteiger partial charge in [0.05, 0.1) is 0 Å². The van der Waals surface area contributed by atoms with E-state index in [1.165, 1.54) is 0 Å². The highest BCUT2D eigenvalue weighted by Crippen LogP contribution is 2.08. The van der Waals surface area contributed by atoms with Gasteiger partial charge < -0.3 is 15.4 Å². The lowest BCUT2D eigenvalue weighted by molar-refractivity contribution is 0.0523. The van der Waals surface area contributed by atoms with E-state index in [9.17, 15) is 9.59 Å². The Hall–Kier alpha value is -2.04. The molecule has 0 fully saturated rings. The van der Waals surface area contributed by atoms with E-state index in [-0.39, 0.29) is 5.91 Å². The molecule has 0 aromatic heterocycles. The number of benzene rings is 1. The molecule has 0 bridgehead atoms. The van der Waals surface area contributed by atoms with Crippen LogP contribution in [0.5, 0.6) is 0 Å². The maximum absolute atomic E-state index is 11.6. The Balaban J connectivity index is 2.50. The number of nitrogens with one attached hydrogen (secondary N) is 2. The van der Waals surface area contributed by atoms with Crippen LogP contribution in [-0.2, 0) is 11.3 Å². The van der Waals surface area contributed by atoms with E-state index >= 15 is 0 Å². The lowest BCUT2D eigenvalue weighted by Crippen LogP contribution is -2.32. The standard InChI is InChI=1S/C15H22N2O3/c1-5-16-13(18)12-8-6-11(7-9-12)10-17-14(19)20-15(2,3)4/h6-9H,5,10H2,1-4H3,(H,16,18)(H,17,19). The predicted molar refractivity (Wildman–Crippen MR) is 77.5 cm³/mol. The molecule has 0 unspecified atom stereocenters. The molecule has 0 radical (unpaired) electrons. The van der Waals surface area contributed by atoms with Crippen molar-refractivity contribution < 1.29 is 14.3 Å². The Labute approximate surface area is 119 Å². The number of amides is 2. The molecule has 1 rings (SSSR count). The molecule has 2 amide bonds. The van der Waals surface area contributed by atoms with Crippen molar-refractivity contribution in [2.24, 2.45) is 0 Å². The van der Waals surface area contributed by atoms with E-state index < -0.39 is 11.7 Å². The molecule has 2 N–H and O–H groups in total. The van der Waals surface area contributed by atoms with Gasteiger partial charge in [0.15, 0.2) is 0 Å². The third kappa shape index (κ3) is 5.73. The molecule has 0 heterocycles. The van der Waals surface area contributed by atoms with Crippen LogP contribution in [0.2, 0.25) is 0 Å². The summed E-state index contributed by atoms with van der Waals surface area (Å²) >= 11 is 0. The second kappa shape index (κ2) is 6.93. The van der Waals surface area contributed by atoms with Gasteiger partial charge in [-0.3, -0.25) is 4.79 Å². The third-order valence-corrected chi connectivity index (χ3v) is 2.39. The Morgan fingerprint density at radius 3 is 2.20 bits per heavy atom. The molecule has 0 saturated carbocycles. The summed E-state index contributed by atoms with van der Waals surface area (Å²) < 4.78 is 5.14. The maximum atomic E-state index is 11.6. The van der Waals surface area contributed by atoms with Gasteiger partial charge in [-0.2, -0.15) is 0 Å². The molecule has 0 spiro atoms. The number of carbonyl (C=O) groups excluding carboxylic acids is 2. The topological polar surface area (TPSA) is 67.4 Å². The molecule has 1 aromatic carbocycles. The van der Waals surface area contributed by atoms with Gasteiger partial charge in [0.2, 0.25) is 0 Å². The lowest BCUT2D eigenvalue weighted by atomic mass is 10.1. The summed E-state index contributed by atoms with van der Waals surface area (Å²) in [5.41, 5.74) is 1.00. The van der Waals surface area contributed by atoms with Crippen molar-refractivity contribution in [3.8, 4) is 0 Å². The van der Waals surface area contributed by atoms with Gasteiger partial charge in [-0.25, -0.2) is 4.79 Å². The molecule has 0 aliphatic heterocycles. The van der Waals surface area contributed by atoms with E-state index in [1.807, 2.05) is 39.8 Å². The van der Waals surface area contributed by atoms with E-state index in [2.05, 4.69) is 10.6 Å². The molecule has 20 heavy (non-hydrogen) atoms. The van der Waals surface area contributed by atoms with Crippen LogP contribution in [0.25, 0.3) is 0 Å². The Morgan fingerprint density at radius 2 is 1.70 bits per heavy atom. The first-order valence-corrected chi connectivity index (χ1v) is 6.66. The first kappa shape index (κ1) is 16.0. The predicted octanol–water partition coefficient (Wildman–Crippen LogP) is 2.46. The molecular formula is C15H22N2O3. The van der Waals surface area contributed by atoms with Gasteiger partial charge in [-0.1, -0.05) is 12.1 Å². The summed E-state index contributed by atoms with van der Waals surface area (Å²) in [6.07, 6.45) is -0.453. The van der Waals surface area contributed by atoms with E-state index in [0.717, 1.165) is 5.56 Å². The normalized spacial score (nSPS) is 10.8. The van der Waals surface area contributed by atoms with Gasteiger partial charge in [0, 0.05) is 18.7 Å². The van der Waals surface area contributed by atoms with Crippen LogP contribution < -0.4 is 10.6 Å². The number of ether oxygens (including phenoxy) is 1. The zero-order chi connectivity index (χ0) is 15.2. The van der Waals surface area contributed by atoms with Crippen molar-refractivity contribution in [1.82, 2.24) is 10.6 Å². The summed E-state index contributed by atoms with van der Waals surface area (Å²) in [5.74, 6) is -0.0980. The molecule has 5 nitrogen and oxygen atoms in total. The minimum absolute atomic E-state index is 0.0980. The van der Waals surface area contributed by atoms with Crippen LogP contribution in [0.1, 0.15) is 43.6 Å². The Morgan fingerprint density at radius 1 is 1.10 bits per heavy atom. The average Bonchev–Trinajstić information content (AvgIpc) is 2.35. The highest BCUT2D eigenvalue weighted by Gasteiger charge is 2.15.